The first-order chi connectivity index (χ1) is 7.29. The molecule has 0 radical (unpaired) electrons. The number of ether oxygens (including phenoxy) is 1. The Morgan fingerprint density at radius 1 is 1.25 bits per heavy atom. The van der Waals surface area contributed by atoms with Gasteiger partial charge in [-0.05, 0) is 32.2 Å². The van der Waals surface area contributed by atoms with E-state index in [0.29, 0.717) is 12.2 Å². The largest absolute Gasteiger partial charge is 0.373 e. The lowest BCUT2D eigenvalue weighted by Crippen LogP contribution is -2.47. The number of hydrogen-bond donors (Lipinski definition) is 1. The van der Waals surface area contributed by atoms with Gasteiger partial charge < -0.3 is 10.5 Å². The van der Waals surface area contributed by atoms with E-state index in [1.807, 2.05) is 0 Å². The van der Waals surface area contributed by atoms with Crippen LogP contribution in [0.1, 0.15) is 41.0 Å². The van der Waals surface area contributed by atoms with Crippen LogP contribution in [-0.4, -0.2) is 42.8 Å². The maximum Gasteiger partial charge on any atom is 0.0678 e. The van der Waals surface area contributed by atoms with E-state index in [1.165, 1.54) is 0 Å². The standard InChI is InChI=1S/C13H28N2O/c1-10-8-15(9-11(2)16-10)7-6-12(14)13(3,4)5/h10-12H,6-9,14H2,1-5H3/t10-,11+,12?. The minimum absolute atomic E-state index is 0.212. The van der Waals surface area contributed by atoms with Crippen molar-refractivity contribution in [1.29, 1.82) is 0 Å². The summed E-state index contributed by atoms with van der Waals surface area (Å²) in [5.74, 6) is 0. The van der Waals surface area contributed by atoms with E-state index in [9.17, 15) is 0 Å². The van der Waals surface area contributed by atoms with Gasteiger partial charge in [-0.1, -0.05) is 20.8 Å². The Hall–Kier alpha value is -0.120. The Morgan fingerprint density at radius 2 is 1.75 bits per heavy atom. The SMILES string of the molecule is C[C@@H]1CN(CCC(N)C(C)(C)C)C[C@H](C)O1. The molecule has 1 aliphatic heterocycles. The van der Waals surface area contributed by atoms with Gasteiger partial charge in [-0.2, -0.15) is 0 Å². The second kappa shape index (κ2) is 5.48. The lowest BCUT2D eigenvalue weighted by atomic mass is 9.85. The molecule has 1 fully saturated rings. The van der Waals surface area contributed by atoms with Crippen molar-refractivity contribution in [1.82, 2.24) is 4.90 Å². The number of nitrogens with two attached hydrogens (primary N) is 1. The topological polar surface area (TPSA) is 38.5 Å². The van der Waals surface area contributed by atoms with Gasteiger partial charge in [0.25, 0.3) is 0 Å². The predicted octanol–water partition coefficient (Wildman–Crippen LogP) is 1.86. The van der Waals surface area contributed by atoms with Crippen molar-refractivity contribution >= 4 is 0 Å². The van der Waals surface area contributed by atoms with Crippen LogP contribution in [0.5, 0.6) is 0 Å². The van der Waals surface area contributed by atoms with E-state index >= 15 is 0 Å². The predicted molar refractivity (Wildman–Crippen MR) is 68.5 cm³/mol. The third-order valence-electron chi connectivity index (χ3n) is 3.36. The first kappa shape index (κ1) is 13.9. The smallest absolute Gasteiger partial charge is 0.0678 e. The normalized spacial score (nSPS) is 30.4. The lowest BCUT2D eigenvalue weighted by Gasteiger charge is -2.37. The summed E-state index contributed by atoms with van der Waals surface area (Å²) in [5, 5.41) is 0. The van der Waals surface area contributed by atoms with Crippen LogP contribution >= 0.6 is 0 Å². The molecule has 3 nitrogen and oxygen atoms in total. The summed E-state index contributed by atoms with van der Waals surface area (Å²) in [6.45, 7) is 14.1. The van der Waals surface area contributed by atoms with Crippen LogP contribution in [0.3, 0.4) is 0 Å². The molecule has 0 aromatic rings. The van der Waals surface area contributed by atoms with Crippen molar-refractivity contribution in [2.75, 3.05) is 19.6 Å². The first-order valence-electron chi connectivity index (χ1n) is 6.42. The molecule has 0 saturated carbocycles. The highest BCUT2D eigenvalue weighted by Crippen LogP contribution is 2.20. The average molecular weight is 228 g/mol. The average Bonchev–Trinajstić information content (AvgIpc) is 2.11. The highest BCUT2D eigenvalue weighted by Gasteiger charge is 2.25. The van der Waals surface area contributed by atoms with Gasteiger partial charge in [-0.25, -0.2) is 0 Å². The van der Waals surface area contributed by atoms with E-state index in [0.717, 1.165) is 26.1 Å². The summed E-state index contributed by atoms with van der Waals surface area (Å²) in [6.07, 6.45) is 1.78. The quantitative estimate of drug-likeness (QED) is 0.801. The Bertz CT molecular complexity index is 202. The van der Waals surface area contributed by atoms with Crippen molar-refractivity contribution in [3.05, 3.63) is 0 Å². The molecule has 96 valence electrons. The van der Waals surface area contributed by atoms with Gasteiger partial charge in [0.1, 0.15) is 0 Å². The van der Waals surface area contributed by atoms with Gasteiger partial charge >= 0.3 is 0 Å². The van der Waals surface area contributed by atoms with E-state index in [2.05, 4.69) is 39.5 Å². The monoisotopic (exact) mass is 228 g/mol. The van der Waals surface area contributed by atoms with Crippen molar-refractivity contribution < 1.29 is 4.74 Å². The second-order valence-electron chi connectivity index (χ2n) is 6.28. The minimum atomic E-state index is 0.212. The fourth-order valence-corrected chi connectivity index (χ4v) is 2.22. The fourth-order valence-electron chi connectivity index (χ4n) is 2.22. The van der Waals surface area contributed by atoms with E-state index in [4.69, 9.17) is 10.5 Å². The molecule has 1 rings (SSSR count). The molecule has 0 aromatic carbocycles. The molecule has 1 saturated heterocycles. The molecule has 0 bridgehead atoms. The van der Waals surface area contributed by atoms with Crippen LogP contribution in [0, 0.1) is 5.41 Å². The van der Waals surface area contributed by atoms with Crippen molar-refractivity contribution in [3.8, 4) is 0 Å². The number of hydrogen-bond acceptors (Lipinski definition) is 3. The molecule has 1 aliphatic rings. The van der Waals surface area contributed by atoms with Crippen LogP contribution in [-0.2, 0) is 4.74 Å². The summed E-state index contributed by atoms with van der Waals surface area (Å²) in [7, 11) is 0. The summed E-state index contributed by atoms with van der Waals surface area (Å²) < 4.78 is 5.72. The zero-order chi connectivity index (χ0) is 12.3. The van der Waals surface area contributed by atoms with E-state index in [1.54, 1.807) is 0 Å². The molecule has 3 atom stereocenters. The number of nitrogens with zero attached hydrogens (tertiary/aromatic N) is 1. The molecule has 3 heteroatoms. The molecule has 0 amide bonds. The summed E-state index contributed by atoms with van der Waals surface area (Å²) in [6, 6.07) is 0.279. The van der Waals surface area contributed by atoms with Gasteiger partial charge in [0.15, 0.2) is 0 Å². The molecule has 0 aromatic heterocycles. The molecule has 1 heterocycles. The first-order valence-corrected chi connectivity index (χ1v) is 6.42. The van der Waals surface area contributed by atoms with Gasteiger partial charge in [-0.15, -0.1) is 0 Å². The Morgan fingerprint density at radius 3 is 2.19 bits per heavy atom. The maximum atomic E-state index is 6.18. The maximum absolute atomic E-state index is 6.18. The van der Waals surface area contributed by atoms with Crippen LogP contribution in [0.15, 0.2) is 0 Å². The Kier molecular flexibility index (Phi) is 4.77. The third kappa shape index (κ3) is 4.40. The fraction of sp³-hybridized carbons (Fsp3) is 1.00. The van der Waals surface area contributed by atoms with Gasteiger partial charge in [-0.3, -0.25) is 4.90 Å². The Labute approximate surface area is 100 Å². The van der Waals surface area contributed by atoms with Crippen molar-refractivity contribution in [2.45, 2.75) is 59.3 Å². The van der Waals surface area contributed by atoms with E-state index < -0.39 is 0 Å². The van der Waals surface area contributed by atoms with E-state index in [-0.39, 0.29) is 11.5 Å². The van der Waals surface area contributed by atoms with Crippen LogP contribution in [0.2, 0.25) is 0 Å². The van der Waals surface area contributed by atoms with Crippen molar-refractivity contribution in [2.24, 2.45) is 11.1 Å². The van der Waals surface area contributed by atoms with Crippen molar-refractivity contribution in [3.63, 3.8) is 0 Å². The third-order valence-corrected chi connectivity index (χ3v) is 3.36. The molecule has 0 spiro atoms. The number of rotatable bonds is 3. The summed E-state index contributed by atoms with van der Waals surface area (Å²) in [4.78, 5) is 2.48. The molecule has 1 unspecified atom stereocenters. The van der Waals surface area contributed by atoms with Gasteiger partial charge in [0.05, 0.1) is 12.2 Å². The molecule has 0 aliphatic carbocycles. The number of morpholine rings is 1. The van der Waals surface area contributed by atoms with Crippen LogP contribution in [0.25, 0.3) is 0 Å². The second-order valence-corrected chi connectivity index (χ2v) is 6.28. The lowest BCUT2D eigenvalue weighted by molar-refractivity contribution is -0.0688. The Balaban J connectivity index is 2.32. The molecular weight excluding hydrogens is 200 g/mol. The zero-order valence-corrected chi connectivity index (χ0v) is 11.5. The highest BCUT2D eigenvalue weighted by atomic mass is 16.5. The molecule has 16 heavy (non-hydrogen) atoms. The minimum Gasteiger partial charge on any atom is -0.373 e. The van der Waals surface area contributed by atoms with Crippen LogP contribution < -0.4 is 5.73 Å². The summed E-state index contributed by atoms with van der Waals surface area (Å²) >= 11 is 0. The highest BCUT2D eigenvalue weighted by molar-refractivity contribution is 4.80. The van der Waals surface area contributed by atoms with Gasteiger partial charge in [0, 0.05) is 19.1 Å². The summed E-state index contributed by atoms with van der Waals surface area (Å²) in [5.41, 5.74) is 6.39. The van der Waals surface area contributed by atoms with Crippen LogP contribution in [0.4, 0.5) is 0 Å². The molecular formula is C13H28N2O. The molecule has 2 N–H and O–H groups in total. The van der Waals surface area contributed by atoms with Gasteiger partial charge in [0.2, 0.25) is 0 Å². The zero-order valence-electron chi connectivity index (χ0n) is 11.5.